The number of halogens is 3. The van der Waals surface area contributed by atoms with Crippen LogP contribution in [0.15, 0.2) is 30.3 Å². The van der Waals surface area contributed by atoms with Crippen molar-refractivity contribution < 1.29 is 18.0 Å². The van der Waals surface area contributed by atoms with Gasteiger partial charge in [0.25, 0.3) is 0 Å². The van der Waals surface area contributed by atoms with Crippen molar-refractivity contribution in [2.24, 2.45) is 5.73 Å². The maximum absolute atomic E-state index is 12.9. The first-order valence-electron chi connectivity index (χ1n) is 7.53. The summed E-state index contributed by atoms with van der Waals surface area (Å²) in [4.78, 5) is 12.1. The molecule has 1 aromatic heterocycles. The summed E-state index contributed by atoms with van der Waals surface area (Å²) in [6.07, 6.45) is -3.19. The van der Waals surface area contributed by atoms with Crippen molar-refractivity contribution in [3.63, 3.8) is 0 Å². The molecular formula is C16H19F3N4O. The summed E-state index contributed by atoms with van der Waals surface area (Å²) >= 11 is 0. The normalized spacial score (nSPS) is 12.9. The number of benzene rings is 1. The third-order valence-corrected chi connectivity index (χ3v) is 3.44. The van der Waals surface area contributed by atoms with E-state index in [1.807, 2.05) is 6.92 Å². The fraction of sp³-hybridized carbons (Fsp3) is 0.375. The molecular weight excluding hydrogens is 321 g/mol. The predicted molar refractivity (Wildman–Crippen MR) is 84.8 cm³/mol. The van der Waals surface area contributed by atoms with Crippen molar-refractivity contribution in [2.75, 3.05) is 5.32 Å². The number of aryl methyl sites for hydroxylation is 1. The minimum atomic E-state index is -4.45. The molecule has 0 fully saturated rings. The SMILES string of the molecule is CCCC(N)C(=O)Nc1cc(C)nn1-c1cccc(C(F)(F)F)c1. The molecule has 0 radical (unpaired) electrons. The zero-order valence-electron chi connectivity index (χ0n) is 13.4. The molecule has 1 unspecified atom stereocenters. The molecule has 130 valence electrons. The van der Waals surface area contributed by atoms with E-state index in [4.69, 9.17) is 5.73 Å². The molecule has 0 aliphatic rings. The second-order valence-electron chi connectivity index (χ2n) is 5.52. The standard InChI is InChI=1S/C16H19F3N4O/c1-3-5-13(20)15(24)21-14-8-10(2)22-23(14)12-7-4-6-11(9-12)16(17,18)19/h4,6-9,13H,3,5,20H2,1-2H3,(H,21,24). The van der Waals surface area contributed by atoms with Gasteiger partial charge in [0.15, 0.2) is 0 Å². The molecule has 1 heterocycles. The average molecular weight is 340 g/mol. The van der Waals surface area contributed by atoms with E-state index in [0.29, 0.717) is 12.1 Å². The number of nitrogens with one attached hydrogen (secondary N) is 1. The summed E-state index contributed by atoms with van der Waals surface area (Å²) in [6.45, 7) is 3.59. The number of aromatic nitrogens is 2. The molecule has 8 heteroatoms. The van der Waals surface area contributed by atoms with Gasteiger partial charge in [-0.3, -0.25) is 4.79 Å². The minimum Gasteiger partial charge on any atom is -0.320 e. The van der Waals surface area contributed by atoms with E-state index in [9.17, 15) is 18.0 Å². The number of hydrogen-bond donors (Lipinski definition) is 2. The van der Waals surface area contributed by atoms with Gasteiger partial charge in [-0.05, 0) is 31.5 Å². The fourth-order valence-electron chi connectivity index (χ4n) is 2.26. The molecule has 0 saturated heterocycles. The van der Waals surface area contributed by atoms with Gasteiger partial charge in [0, 0.05) is 6.07 Å². The van der Waals surface area contributed by atoms with Crippen LogP contribution in [0, 0.1) is 6.92 Å². The van der Waals surface area contributed by atoms with E-state index in [1.165, 1.54) is 16.8 Å². The molecule has 1 aromatic carbocycles. The summed E-state index contributed by atoms with van der Waals surface area (Å²) in [6, 6.07) is 5.65. The Balaban J connectivity index is 2.34. The third kappa shape index (κ3) is 4.14. The van der Waals surface area contributed by atoms with Gasteiger partial charge in [0.1, 0.15) is 5.82 Å². The Morgan fingerprint density at radius 2 is 2.08 bits per heavy atom. The van der Waals surface area contributed by atoms with E-state index >= 15 is 0 Å². The Labute approximate surface area is 137 Å². The third-order valence-electron chi connectivity index (χ3n) is 3.44. The Morgan fingerprint density at radius 3 is 2.71 bits per heavy atom. The van der Waals surface area contributed by atoms with Gasteiger partial charge >= 0.3 is 6.18 Å². The number of carbonyl (C=O) groups excluding carboxylic acids is 1. The second-order valence-corrected chi connectivity index (χ2v) is 5.52. The van der Waals surface area contributed by atoms with Crippen molar-refractivity contribution >= 4 is 11.7 Å². The lowest BCUT2D eigenvalue weighted by Gasteiger charge is -2.14. The van der Waals surface area contributed by atoms with E-state index in [-0.39, 0.29) is 11.5 Å². The number of hydrogen-bond acceptors (Lipinski definition) is 3. The molecule has 1 amide bonds. The van der Waals surface area contributed by atoms with Gasteiger partial charge < -0.3 is 11.1 Å². The molecule has 3 N–H and O–H groups in total. The van der Waals surface area contributed by atoms with E-state index in [0.717, 1.165) is 18.6 Å². The van der Waals surface area contributed by atoms with Crippen molar-refractivity contribution in [3.05, 3.63) is 41.6 Å². The Bertz CT molecular complexity index is 724. The van der Waals surface area contributed by atoms with Gasteiger partial charge in [-0.2, -0.15) is 18.3 Å². The lowest BCUT2D eigenvalue weighted by molar-refractivity contribution is -0.137. The summed E-state index contributed by atoms with van der Waals surface area (Å²) in [5, 5.41) is 6.78. The summed E-state index contributed by atoms with van der Waals surface area (Å²) in [7, 11) is 0. The number of anilines is 1. The van der Waals surface area contributed by atoms with E-state index in [1.54, 1.807) is 13.0 Å². The van der Waals surface area contributed by atoms with Crippen LogP contribution < -0.4 is 11.1 Å². The lowest BCUT2D eigenvalue weighted by Crippen LogP contribution is -2.35. The molecule has 1 atom stereocenters. The van der Waals surface area contributed by atoms with E-state index < -0.39 is 23.7 Å². The average Bonchev–Trinajstić information content (AvgIpc) is 2.87. The molecule has 0 aliphatic carbocycles. The molecule has 0 spiro atoms. The molecule has 0 bridgehead atoms. The van der Waals surface area contributed by atoms with Crippen LogP contribution in [0.5, 0.6) is 0 Å². The predicted octanol–water partition coefficient (Wildman–Crippen LogP) is 3.27. The Morgan fingerprint density at radius 1 is 1.38 bits per heavy atom. The van der Waals surface area contributed by atoms with Crippen LogP contribution in [-0.4, -0.2) is 21.7 Å². The Hall–Kier alpha value is -2.35. The molecule has 5 nitrogen and oxygen atoms in total. The largest absolute Gasteiger partial charge is 0.416 e. The topological polar surface area (TPSA) is 72.9 Å². The molecule has 2 aromatic rings. The molecule has 24 heavy (non-hydrogen) atoms. The van der Waals surface area contributed by atoms with Crippen molar-refractivity contribution in [2.45, 2.75) is 38.9 Å². The summed E-state index contributed by atoms with van der Waals surface area (Å²) in [5.41, 5.74) is 5.75. The van der Waals surface area contributed by atoms with Crippen LogP contribution in [0.1, 0.15) is 31.0 Å². The van der Waals surface area contributed by atoms with Crippen LogP contribution in [-0.2, 0) is 11.0 Å². The molecule has 0 saturated carbocycles. The van der Waals surface area contributed by atoms with Gasteiger partial charge in [0.2, 0.25) is 5.91 Å². The molecule has 0 aliphatic heterocycles. The summed E-state index contributed by atoms with van der Waals surface area (Å²) < 4.78 is 39.9. The van der Waals surface area contributed by atoms with Crippen LogP contribution in [0.3, 0.4) is 0 Å². The van der Waals surface area contributed by atoms with Gasteiger partial charge in [-0.25, -0.2) is 4.68 Å². The van der Waals surface area contributed by atoms with Crippen molar-refractivity contribution in [1.29, 1.82) is 0 Å². The highest BCUT2D eigenvalue weighted by atomic mass is 19.4. The summed E-state index contributed by atoms with van der Waals surface area (Å²) in [5.74, 6) is -0.117. The number of carbonyl (C=O) groups is 1. The maximum Gasteiger partial charge on any atom is 0.416 e. The van der Waals surface area contributed by atoms with Gasteiger partial charge in [0.05, 0.1) is 23.0 Å². The number of rotatable bonds is 5. The zero-order valence-corrected chi connectivity index (χ0v) is 13.4. The fourth-order valence-corrected chi connectivity index (χ4v) is 2.26. The number of amides is 1. The molecule has 2 rings (SSSR count). The quantitative estimate of drug-likeness (QED) is 0.877. The van der Waals surface area contributed by atoms with Gasteiger partial charge in [-0.15, -0.1) is 0 Å². The maximum atomic E-state index is 12.9. The van der Waals surface area contributed by atoms with E-state index in [2.05, 4.69) is 10.4 Å². The zero-order chi connectivity index (χ0) is 17.9. The van der Waals surface area contributed by atoms with Crippen LogP contribution in [0.4, 0.5) is 19.0 Å². The first-order valence-corrected chi connectivity index (χ1v) is 7.53. The van der Waals surface area contributed by atoms with Crippen molar-refractivity contribution in [3.8, 4) is 5.69 Å². The smallest absolute Gasteiger partial charge is 0.320 e. The minimum absolute atomic E-state index is 0.206. The first kappa shape index (κ1) is 18.0. The second kappa shape index (κ2) is 7.04. The lowest BCUT2D eigenvalue weighted by atomic mass is 10.1. The number of alkyl halides is 3. The highest BCUT2D eigenvalue weighted by Gasteiger charge is 2.30. The number of nitrogens with zero attached hydrogens (tertiary/aromatic N) is 2. The van der Waals surface area contributed by atoms with Crippen LogP contribution in [0.2, 0.25) is 0 Å². The highest BCUT2D eigenvalue weighted by molar-refractivity contribution is 5.94. The number of nitrogens with two attached hydrogens (primary N) is 1. The van der Waals surface area contributed by atoms with Crippen LogP contribution in [0.25, 0.3) is 5.69 Å². The highest BCUT2D eigenvalue weighted by Crippen LogP contribution is 2.31. The monoisotopic (exact) mass is 340 g/mol. The first-order chi connectivity index (χ1) is 11.2. The van der Waals surface area contributed by atoms with Crippen LogP contribution >= 0.6 is 0 Å². The Kier molecular flexibility index (Phi) is 5.28. The van der Waals surface area contributed by atoms with Gasteiger partial charge in [-0.1, -0.05) is 19.4 Å². The van der Waals surface area contributed by atoms with Crippen molar-refractivity contribution in [1.82, 2.24) is 9.78 Å².